The van der Waals surface area contributed by atoms with Crippen molar-refractivity contribution in [3.05, 3.63) is 24.3 Å². The second kappa shape index (κ2) is 9.59. The van der Waals surface area contributed by atoms with E-state index in [1.165, 1.54) is 16.7 Å². The SMILES string of the molecule is O=C(COC(=O)CN1C(=O)CSc2ccccc21)NC(=O)NC1CCCCC1. The van der Waals surface area contributed by atoms with Crippen LogP contribution >= 0.6 is 11.8 Å². The Balaban J connectivity index is 1.43. The maximum atomic E-state index is 12.1. The van der Waals surface area contributed by atoms with Gasteiger partial charge in [0.25, 0.3) is 5.91 Å². The lowest BCUT2D eigenvalue weighted by Gasteiger charge is -2.27. The Labute approximate surface area is 167 Å². The Bertz CT molecular complexity index is 764. The lowest BCUT2D eigenvalue weighted by atomic mass is 9.96. The van der Waals surface area contributed by atoms with Gasteiger partial charge in [-0.3, -0.25) is 24.6 Å². The molecule has 1 aliphatic heterocycles. The second-order valence-corrected chi connectivity index (χ2v) is 7.77. The summed E-state index contributed by atoms with van der Waals surface area (Å²) in [4.78, 5) is 50.1. The number of carbonyl (C=O) groups is 4. The van der Waals surface area contributed by atoms with Gasteiger partial charge >= 0.3 is 12.0 Å². The van der Waals surface area contributed by atoms with E-state index in [0.717, 1.165) is 37.0 Å². The van der Waals surface area contributed by atoms with E-state index in [9.17, 15) is 19.2 Å². The first-order valence-corrected chi connectivity index (χ1v) is 10.3. The average Bonchev–Trinajstić information content (AvgIpc) is 2.69. The maximum absolute atomic E-state index is 12.1. The van der Waals surface area contributed by atoms with E-state index in [2.05, 4.69) is 10.6 Å². The quantitative estimate of drug-likeness (QED) is 0.724. The summed E-state index contributed by atoms with van der Waals surface area (Å²) in [6.07, 6.45) is 5.10. The van der Waals surface area contributed by atoms with E-state index in [4.69, 9.17) is 4.74 Å². The minimum atomic E-state index is -0.710. The molecule has 2 N–H and O–H groups in total. The monoisotopic (exact) mass is 405 g/mol. The number of ether oxygens (including phenoxy) is 1. The highest BCUT2D eigenvalue weighted by Gasteiger charge is 2.27. The van der Waals surface area contributed by atoms with Crippen LogP contribution in [0.1, 0.15) is 32.1 Å². The van der Waals surface area contributed by atoms with Crippen molar-refractivity contribution >= 4 is 41.3 Å². The molecule has 0 unspecified atom stereocenters. The molecule has 9 heteroatoms. The number of hydrogen-bond acceptors (Lipinski definition) is 6. The minimum absolute atomic E-state index is 0.0761. The number of benzene rings is 1. The fraction of sp³-hybridized carbons (Fsp3) is 0.474. The van der Waals surface area contributed by atoms with Crippen molar-refractivity contribution in [1.29, 1.82) is 0 Å². The standard InChI is InChI=1S/C19H23N3O5S/c23-16(21-19(26)20-13-6-2-1-3-7-13)11-27-18(25)10-22-14-8-4-5-9-15(14)28-12-17(22)24/h4-5,8-9,13H,1-3,6-7,10-12H2,(H2,20,21,23,26). The first kappa shape index (κ1) is 20.2. The van der Waals surface area contributed by atoms with Crippen molar-refractivity contribution in [2.45, 2.75) is 43.0 Å². The lowest BCUT2D eigenvalue weighted by molar-refractivity contribution is -0.147. The molecule has 1 fully saturated rings. The smallest absolute Gasteiger partial charge is 0.326 e. The summed E-state index contributed by atoms with van der Waals surface area (Å²) in [6, 6.07) is 6.78. The van der Waals surface area contributed by atoms with Crippen molar-refractivity contribution < 1.29 is 23.9 Å². The van der Waals surface area contributed by atoms with Crippen molar-refractivity contribution in [3.63, 3.8) is 0 Å². The van der Waals surface area contributed by atoms with E-state index < -0.39 is 24.5 Å². The van der Waals surface area contributed by atoms with Gasteiger partial charge in [0.2, 0.25) is 5.91 Å². The number of hydrogen-bond donors (Lipinski definition) is 2. The molecule has 0 spiro atoms. The number of rotatable bonds is 5. The number of carbonyl (C=O) groups excluding carboxylic acids is 4. The number of imide groups is 1. The van der Waals surface area contributed by atoms with E-state index in [1.807, 2.05) is 12.1 Å². The molecule has 28 heavy (non-hydrogen) atoms. The van der Waals surface area contributed by atoms with Crippen molar-refractivity contribution in [1.82, 2.24) is 10.6 Å². The molecule has 1 aliphatic carbocycles. The molecule has 2 aliphatic rings. The van der Waals surface area contributed by atoms with E-state index in [0.29, 0.717) is 5.69 Å². The topological polar surface area (TPSA) is 105 Å². The molecule has 0 aromatic heterocycles. The Morgan fingerprint density at radius 2 is 1.89 bits per heavy atom. The molecule has 4 amide bonds. The predicted octanol–water partition coefficient (Wildman–Crippen LogP) is 1.83. The molecule has 1 aromatic rings. The zero-order valence-electron chi connectivity index (χ0n) is 15.4. The molecule has 1 heterocycles. The Morgan fingerprint density at radius 3 is 2.68 bits per heavy atom. The molecule has 3 rings (SSSR count). The number of nitrogens with one attached hydrogen (secondary N) is 2. The first-order valence-electron chi connectivity index (χ1n) is 9.31. The van der Waals surface area contributed by atoms with Crippen LogP contribution in [0.5, 0.6) is 0 Å². The van der Waals surface area contributed by atoms with Crippen LogP contribution < -0.4 is 15.5 Å². The number of amides is 4. The molecule has 150 valence electrons. The van der Waals surface area contributed by atoms with Crippen LogP contribution in [0.15, 0.2) is 29.2 Å². The highest BCUT2D eigenvalue weighted by atomic mass is 32.2. The van der Waals surface area contributed by atoms with Crippen LogP contribution in [-0.2, 0) is 19.1 Å². The van der Waals surface area contributed by atoms with Gasteiger partial charge in [-0.15, -0.1) is 11.8 Å². The van der Waals surface area contributed by atoms with Crippen LogP contribution in [0.2, 0.25) is 0 Å². The Kier molecular flexibility index (Phi) is 6.91. The fourth-order valence-corrected chi connectivity index (χ4v) is 4.21. The van der Waals surface area contributed by atoms with Gasteiger partial charge in [-0.25, -0.2) is 4.79 Å². The lowest BCUT2D eigenvalue weighted by Crippen LogP contribution is -2.46. The summed E-state index contributed by atoms with van der Waals surface area (Å²) in [7, 11) is 0. The molecule has 8 nitrogen and oxygen atoms in total. The molecule has 0 saturated heterocycles. The van der Waals surface area contributed by atoms with Gasteiger partial charge in [0.15, 0.2) is 6.61 Å². The van der Waals surface area contributed by atoms with Gasteiger partial charge in [0.1, 0.15) is 6.54 Å². The molecule has 0 bridgehead atoms. The normalized spacial score (nSPS) is 16.9. The molecule has 1 aromatic carbocycles. The van der Waals surface area contributed by atoms with Crippen molar-refractivity contribution in [2.75, 3.05) is 23.8 Å². The van der Waals surface area contributed by atoms with Gasteiger partial charge in [0.05, 0.1) is 11.4 Å². The summed E-state index contributed by atoms with van der Waals surface area (Å²) >= 11 is 1.41. The van der Waals surface area contributed by atoms with Crippen LogP contribution in [-0.4, -0.2) is 48.8 Å². The largest absolute Gasteiger partial charge is 0.454 e. The third-order valence-electron chi connectivity index (χ3n) is 4.65. The summed E-state index contributed by atoms with van der Waals surface area (Å²) in [5, 5.41) is 4.91. The van der Waals surface area contributed by atoms with Gasteiger partial charge in [-0.2, -0.15) is 0 Å². The Morgan fingerprint density at radius 1 is 1.14 bits per heavy atom. The van der Waals surface area contributed by atoms with Crippen LogP contribution in [0.3, 0.4) is 0 Å². The highest BCUT2D eigenvalue weighted by Crippen LogP contribution is 2.34. The van der Waals surface area contributed by atoms with Gasteiger partial charge in [0, 0.05) is 10.9 Å². The third-order valence-corrected chi connectivity index (χ3v) is 5.70. The zero-order chi connectivity index (χ0) is 19.9. The number of para-hydroxylation sites is 1. The molecule has 0 atom stereocenters. The molecule has 0 radical (unpaired) electrons. The summed E-state index contributed by atoms with van der Waals surface area (Å²) in [5.74, 6) is -1.37. The third kappa shape index (κ3) is 5.48. The predicted molar refractivity (Wildman–Crippen MR) is 104 cm³/mol. The minimum Gasteiger partial charge on any atom is -0.454 e. The van der Waals surface area contributed by atoms with Gasteiger partial charge in [-0.05, 0) is 25.0 Å². The molecular weight excluding hydrogens is 382 g/mol. The first-order chi connectivity index (χ1) is 13.5. The van der Waals surface area contributed by atoms with Crippen molar-refractivity contribution in [2.24, 2.45) is 0 Å². The number of urea groups is 1. The van der Waals surface area contributed by atoms with Crippen molar-refractivity contribution in [3.8, 4) is 0 Å². The Hall–Kier alpha value is -2.55. The van der Waals surface area contributed by atoms with Gasteiger partial charge < -0.3 is 10.1 Å². The van der Waals surface area contributed by atoms with E-state index in [-0.39, 0.29) is 24.2 Å². The van der Waals surface area contributed by atoms with Gasteiger partial charge in [-0.1, -0.05) is 31.4 Å². The number of thioether (sulfide) groups is 1. The maximum Gasteiger partial charge on any atom is 0.326 e. The van der Waals surface area contributed by atoms with Crippen LogP contribution in [0, 0.1) is 0 Å². The summed E-state index contributed by atoms with van der Waals surface area (Å²) in [5.41, 5.74) is 0.650. The van der Waals surface area contributed by atoms with Crippen LogP contribution in [0.25, 0.3) is 0 Å². The van der Waals surface area contributed by atoms with Crippen LogP contribution in [0.4, 0.5) is 10.5 Å². The molecule has 1 saturated carbocycles. The summed E-state index contributed by atoms with van der Waals surface area (Å²) < 4.78 is 4.93. The highest BCUT2D eigenvalue weighted by molar-refractivity contribution is 8.00. The zero-order valence-corrected chi connectivity index (χ0v) is 16.3. The van der Waals surface area contributed by atoms with E-state index in [1.54, 1.807) is 12.1 Å². The number of fused-ring (bicyclic) bond motifs is 1. The molecular formula is C19H23N3O5S. The van der Waals surface area contributed by atoms with E-state index >= 15 is 0 Å². The number of esters is 1. The number of nitrogens with zero attached hydrogens (tertiary/aromatic N) is 1. The summed E-state index contributed by atoms with van der Waals surface area (Å²) in [6.45, 7) is -0.854. The number of anilines is 1. The average molecular weight is 405 g/mol. The fourth-order valence-electron chi connectivity index (χ4n) is 3.28. The second-order valence-electron chi connectivity index (χ2n) is 6.75.